The van der Waals surface area contributed by atoms with Gasteiger partial charge in [0.05, 0.1) is 32.8 Å². The maximum Gasteiger partial charge on any atom is 0.305 e. The Morgan fingerprint density at radius 2 is 1.68 bits per heavy atom. The van der Waals surface area contributed by atoms with E-state index < -0.39 is 5.97 Å². The summed E-state index contributed by atoms with van der Waals surface area (Å²) in [6.07, 6.45) is -0.0576. The number of nitrogens with zero attached hydrogens (tertiary/aromatic N) is 3. The van der Waals surface area contributed by atoms with E-state index in [1.165, 1.54) is 0 Å². The van der Waals surface area contributed by atoms with Gasteiger partial charge in [-0.3, -0.25) is 9.59 Å². The molecule has 0 amide bonds. The van der Waals surface area contributed by atoms with Crippen LogP contribution in [-0.2, 0) is 23.8 Å². The summed E-state index contributed by atoms with van der Waals surface area (Å²) in [4.78, 5) is 23.9. The van der Waals surface area contributed by atoms with Gasteiger partial charge in [0.25, 0.3) is 0 Å². The molecule has 0 atom stereocenters. The predicted octanol–water partition coefficient (Wildman–Crippen LogP) is 0.390. The largest absolute Gasteiger partial charge is 0.481 e. The Labute approximate surface area is 110 Å². The molecule has 0 aromatic carbocycles. The normalized spacial score (nSPS) is 9.89. The van der Waals surface area contributed by atoms with E-state index in [0.717, 1.165) is 0 Å². The molecule has 0 aliphatic rings. The number of hydrogen-bond acceptors (Lipinski definition) is 6. The highest BCUT2D eigenvalue weighted by atomic mass is 16.5. The zero-order chi connectivity index (χ0) is 14.3. The van der Waals surface area contributed by atoms with Crippen molar-refractivity contribution in [1.29, 1.82) is 0 Å². The van der Waals surface area contributed by atoms with Gasteiger partial charge in [-0.15, -0.1) is 0 Å². The van der Waals surface area contributed by atoms with E-state index >= 15 is 0 Å². The van der Waals surface area contributed by atoms with Crippen molar-refractivity contribution < 1.29 is 28.9 Å². The molecule has 19 heavy (non-hydrogen) atoms. The van der Waals surface area contributed by atoms with Crippen LogP contribution in [0.3, 0.4) is 0 Å². The predicted molar refractivity (Wildman–Crippen MR) is 63.7 cm³/mol. The van der Waals surface area contributed by atoms with Crippen molar-refractivity contribution in [2.24, 2.45) is 5.11 Å². The number of ether oxygens (including phenoxy) is 3. The second kappa shape index (κ2) is 12.8. The molecule has 0 rings (SSSR count). The Morgan fingerprint density at radius 1 is 1.05 bits per heavy atom. The topological polar surface area (TPSA) is 131 Å². The zero-order valence-corrected chi connectivity index (χ0v) is 10.5. The van der Waals surface area contributed by atoms with Crippen molar-refractivity contribution >= 4 is 11.8 Å². The van der Waals surface area contributed by atoms with Crippen LogP contribution in [0.2, 0.25) is 0 Å². The first-order chi connectivity index (χ1) is 9.16. The summed E-state index contributed by atoms with van der Waals surface area (Å²) in [5.74, 6) is -1.15. The number of aliphatic carboxylic acids is 1. The third-order valence-electron chi connectivity index (χ3n) is 1.76. The van der Waals surface area contributed by atoms with Crippen LogP contribution in [-0.4, -0.2) is 63.0 Å². The van der Waals surface area contributed by atoms with Gasteiger partial charge < -0.3 is 19.3 Å². The number of carbonyl (C=O) groups excluding carboxylic acids is 1. The highest BCUT2D eigenvalue weighted by Gasteiger charge is 2.02. The standard InChI is InChI=1S/C10H17N3O6/c11-13-12-2-4-18-7-9(14)8-19-6-5-17-3-1-10(15)16/h1-8H2,(H,15,16). The van der Waals surface area contributed by atoms with Crippen LogP contribution in [0, 0.1) is 0 Å². The molecule has 0 radical (unpaired) electrons. The number of Topliss-reactive ketones (excluding diaryl/α,β-unsaturated/α-hetero) is 1. The van der Waals surface area contributed by atoms with Gasteiger partial charge in [-0.2, -0.15) is 0 Å². The van der Waals surface area contributed by atoms with E-state index in [2.05, 4.69) is 10.0 Å². The Balaban J connectivity index is 3.24. The molecule has 0 aromatic rings. The van der Waals surface area contributed by atoms with E-state index in [0.29, 0.717) is 0 Å². The van der Waals surface area contributed by atoms with Crippen LogP contribution in [0.1, 0.15) is 6.42 Å². The van der Waals surface area contributed by atoms with Gasteiger partial charge in [0.2, 0.25) is 0 Å². The Hall–Kier alpha value is -1.67. The van der Waals surface area contributed by atoms with Crippen LogP contribution in [0.4, 0.5) is 0 Å². The first kappa shape index (κ1) is 17.3. The second-order valence-electron chi connectivity index (χ2n) is 3.35. The Bertz CT molecular complexity index is 316. The van der Waals surface area contributed by atoms with Crippen LogP contribution in [0.25, 0.3) is 10.4 Å². The minimum absolute atomic E-state index is 0.0576. The number of hydrogen-bond donors (Lipinski definition) is 1. The molecule has 108 valence electrons. The molecule has 0 unspecified atom stereocenters. The molecule has 0 saturated carbocycles. The summed E-state index contributed by atoms with van der Waals surface area (Å²) in [6, 6.07) is 0. The van der Waals surface area contributed by atoms with Crippen LogP contribution in [0.5, 0.6) is 0 Å². The summed E-state index contributed by atoms with van der Waals surface area (Å²) in [7, 11) is 0. The molecule has 0 aliphatic carbocycles. The lowest BCUT2D eigenvalue weighted by Gasteiger charge is -2.05. The van der Waals surface area contributed by atoms with E-state index in [-0.39, 0.29) is 58.4 Å². The minimum atomic E-state index is -0.922. The molecule has 0 spiro atoms. The fraction of sp³-hybridized carbons (Fsp3) is 0.800. The number of azide groups is 1. The molecule has 1 N–H and O–H groups in total. The molecular formula is C10H17N3O6. The molecule has 0 fully saturated rings. The lowest BCUT2D eigenvalue weighted by atomic mass is 10.4. The number of carboxylic acids is 1. The van der Waals surface area contributed by atoms with E-state index in [9.17, 15) is 9.59 Å². The second-order valence-corrected chi connectivity index (χ2v) is 3.35. The fourth-order valence-corrected chi connectivity index (χ4v) is 0.943. The molecule has 0 aromatic heterocycles. The average Bonchev–Trinajstić information content (AvgIpc) is 2.37. The quantitative estimate of drug-likeness (QED) is 0.224. The lowest BCUT2D eigenvalue weighted by molar-refractivity contribution is -0.138. The van der Waals surface area contributed by atoms with Crippen molar-refractivity contribution in [3.05, 3.63) is 10.4 Å². The van der Waals surface area contributed by atoms with Crippen molar-refractivity contribution in [3.8, 4) is 0 Å². The van der Waals surface area contributed by atoms with E-state index in [1.807, 2.05) is 0 Å². The van der Waals surface area contributed by atoms with E-state index in [4.69, 9.17) is 24.8 Å². The third-order valence-corrected chi connectivity index (χ3v) is 1.76. The van der Waals surface area contributed by atoms with Crippen LogP contribution >= 0.6 is 0 Å². The van der Waals surface area contributed by atoms with Gasteiger partial charge in [0.15, 0.2) is 5.78 Å². The van der Waals surface area contributed by atoms with Gasteiger partial charge in [0, 0.05) is 11.5 Å². The smallest absolute Gasteiger partial charge is 0.305 e. The third kappa shape index (κ3) is 14.3. The Kier molecular flexibility index (Phi) is 11.7. The summed E-state index contributed by atoms with van der Waals surface area (Å²) in [5.41, 5.74) is 7.98. The van der Waals surface area contributed by atoms with Crippen LogP contribution < -0.4 is 0 Å². The number of rotatable bonds is 13. The number of ketones is 1. The summed E-state index contributed by atoms with van der Waals surface area (Å²) in [6.45, 7) is 0.748. The highest BCUT2D eigenvalue weighted by Crippen LogP contribution is 1.86. The SMILES string of the molecule is [N-]=[N+]=NCCOCC(=O)COCCOCCC(=O)O. The van der Waals surface area contributed by atoms with Gasteiger partial charge in [0.1, 0.15) is 13.2 Å². The molecule has 0 saturated heterocycles. The van der Waals surface area contributed by atoms with Gasteiger partial charge in [-0.25, -0.2) is 0 Å². The van der Waals surface area contributed by atoms with E-state index in [1.54, 1.807) is 0 Å². The first-order valence-corrected chi connectivity index (χ1v) is 5.64. The lowest BCUT2D eigenvalue weighted by Crippen LogP contribution is -2.18. The summed E-state index contributed by atoms with van der Waals surface area (Å²) >= 11 is 0. The first-order valence-electron chi connectivity index (χ1n) is 5.64. The molecule has 9 nitrogen and oxygen atoms in total. The number of carboxylic acid groups (broad SMARTS) is 1. The van der Waals surface area contributed by atoms with Gasteiger partial charge >= 0.3 is 5.97 Å². The maximum absolute atomic E-state index is 11.2. The summed E-state index contributed by atoms with van der Waals surface area (Å²) < 4.78 is 14.9. The molecule has 0 heterocycles. The maximum atomic E-state index is 11.2. The van der Waals surface area contributed by atoms with Gasteiger partial charge in [-0.1, -0.05) is 5.11 Å². The monoisotopic (exact) mass is 275 g/mol. The highest BCUT2D eigenvalue weighted by molar-refractivity contribution is 5.80. The van der Waals surface area contributed by atoms with Crippen molar-refractivity contribution in [1.82, 2.24) is 0 Å². The molecular weight excluding hydrogens is 258 g/mol. The molecule has 0 bridgehead atoms. The Morgan fingerprint density at radius 3 is 2.32 bits per heavy atom. The van der Waals surface area contributed by atoms with Crippen molar-refractivity contribution in [2.45, 2.75) is 6.42 Å². The molecule has 0 aliphatic heterocycles. The summed E-state index contributed by atoms with van der Waals surface area (Å²) in [5, 5.41) is 11.6. The average molecular weight is 275 g/mol. The molecule has 9 heteroatoms. The van der Waals surface area contributed by atoms with Crippen LogP contribution in [0.15, 0.2) is 5.11 Å². The van der Waals surface area contributed by atoms with Crippen molar-refractivity contribution in [3.63, 3.8) is 0 Å². The van der Waals surface area contributed by atoms with Gasteiger partial charge in [-0.05, 0) is 5.53 Å². The van der Waals surface area contributed by atoms with Crippen molar-refractivity contribution in [2.75, 3.05) is 46.2 Å². The fourth-order valence-electron chi connectivity index (χ4n) is 0.943. The number of carbonyl (C=O) groups is 2. The zero-order valence-electron chi connectivity index (χ0n) is 10.5. The minimum Gasteiger partial charge on any atom is -0.481 e.